The Morgan fingerprint density at radius 2 is 2.18 bits per heavy atom. The Kier molecular flexibility index (Phi) is 4.40. The Bertz CT molecular complexity index is 680. The van der Waals surface area contributed by atoms with Crippen molar-refractivity contribution in [2.75, 3.05) is 18.1 Å². The zero-order valence-corrected chi connectivity index (χ0v) is 13.0. The first-order chi connectivity index (χ1) is 10.6. The maximum atomic E-state index is 13.3. The topological polar surface area (TPSA) is 65.1 Å². The summed E-state index contributed by atoms with van der Waals surface area (Å²) in [4.78, 5) is 15.1. The fraction of sp³-hybridized carbons (Fsp3) is 0.438. The molecule has 6 heteroatoms. The molecule has 4 nitrogen and oxygen atoms in total. The van der Waals surface area contributed by atoms with Crippen LogP contribution in [0.2, 0.25) is 0 Å². The lowest BCUT2D eigenvalue weighted by Gasteiger charge is -2.31. The van der Waals surface area contributed by atoms with Crippen LogP contribution in [0.3, 0.4) is 0 Å². The van der Waals surface area contributed by atoms with Gasteiger partial charge in [-0.15, -0.1) is 0 Å². The van der Waals surface area contributed by atoms with Crippen LogP contribution in [0, 0.1) is 5.82 Å². The van der Waals surface area contributed by atoms with Crippen LogP contribution in [0.25, 0.3) is 10.9 Å². The van der Waals surface area contributed by atoms with Crippen molar-refractivity contribution in [1.82, 2.24) is 10.3 Å². The van der Waals surface area contributed by atoms with Crippen LogP contribution in [0.5, 0.6) is 0 Å². The van der Waals surface area contributed by atoms with Gasteiger partial charge in [0, 0.05) is 23.6 Å². The molecule has 118 valence electrons. The number of hydrogen-bond acceptors (Lipinski definition) is 3. The number of nitrogens with one attached hydrogen (secondary N) is 2. The molecule has 1 aromatic carbocycles. The highest BCUT2D eigenvalue weighted by molar-refractivity contribution is 7.99. The summed E-state index contributed by atoms with van der Waals surface area (Å²) in [6, 6.07) is 4.48. The Balaban J connectivity index is 1.62. The van der Waals surface area contributed by atoms with Crippen molar-refractivity contribution >= 4 is 28.6 Å². The summed E-state index contributed by atoms with van der Waals surface area (Å²) < 4.78 is 13.3. The molecule has 0 saturated carbocycles. The second-order valence-electron chi connectivity index (χ2n) is 5.79. The van der Waals surface area contributed by atoms with E-state index in [-0.39, 0.29) is 24.7 Å². The highest BCUT2D eigenvalue weighted by Gasteiger charge is 2.29. The third-order valence-electron chi connectivity index (χ3n) is 4.12. The molecule has 2 aromatic rings. The van der Waals surface area contributed by atoms with Gasteiger partial charge in [-0.1, -0.05) is 0 Å². The van der Waals surface area contributed by atoms with E-state index in [1.165, 1.54) is 12.1 Å². The summed E-state index contributed by atoms with van der Waals surface area (Å²) in [5.74, 6) is 1.38. The van der Waals surface area contributed by atoms with Crippen molar-refractivity contribution in [2.45, 2.75) is 24.9 Å². The maximum Gasteiger partial charge on any atom is 0.224 e. The van der Waals surface area contributed by atoms with E-state index in [4.69, 9.17) is 0 Å². The van der Waals surface area contributed by atoms with E-state index in [1.54, 1.807) is 12.3 Å². The van der Waals surface area contributed by atoms with Gasteiger partial charge < -0.3 is 15.4 Å². The van der Waals surface area contributed by atoms with E-state index in [9.17, 15) is 14.3 Å². The molecule has 1 amide bonds. The van der Waals surface area contributed by atoms with Gasteiger partial charge in [0.25, 0.3) is 0 Å². The molecular weight excluding hydrogens is 303 g/mol. The van der Waals surface area contributed by atoms with Crippen molar-refractivity contribution in [1.29, 1.82) is 0 Å². The normalized spacial score (nSPS) is 17.5. The molecule has 1 saturated heterocycles. The van der Waals surface area contributed by atoms with Gasteiger partial charge in [-0.3, -0.25) is 4.79 Å². The summed E-state index contributed by atoms with van der Waals surface area (Å²) >= 11 is 1.83. The summed E-state index contributed by atoms with van der Waals surface area (Å²) in [5.41, 5.74) is 0.790. The van der Waals surface area contributed by atoms with E-state index < -0.39 is 5.60 Å². The summed E-state index contributed by atoms with van der Waals surface area (Å²) in [7, 11) is 0. The van der Waals surface area contributed by atoms with Gasteiger partial charge in [0.2, 0.25) is 5.91 Å². The lowest BCUT2D eigenvalue weighted by Crippen LogP contribution is -2.45. The van der Waals surface area contributed by atoms with Crippen LogP contribution in [0.4, 0.5) is 4.39 Å². The van der Waals surface area contributed by atoms with E-state index in [0.717, 1.165) is 28.0 Å². The third-order valence-corrected chi connectivity index (χ3v) is 5.10. The number of benzene rings is 1. The first-order valence-corrected chi connectivity index (χ1v) is 8.54. The number of H-pyrrole nitrogens is 1. The molecule has 2 heterocycles. The van der Waals surface area contributed by atoms with E-state index in [0.29, 0.717) is 12.8 Å². The Morgan fingerprint density at radius 1 is 1.41 bits per heavy atom. The minimum absolute atomic E-state index is 0.156. The number of aliphatic hydroxyl groups is 1. The number of aromatic amines is 1. The average Bonchev–Trinajstić information content (AvgIpc) is 2.88. The number of amides is 1. The molecule has 22 heavy (non-hydrogen) atoms. The lowest BCUT2D eigenvalue weighted by atomic mass is 9.97. The van der Waals surface area contributed by atoms with Crippen LogP contribution in [-0.4, -0.2) is 39.6 Å². The smallest absolute Gasteiger partial charge is 0.224 e. The molecule has 3 rings (SSSR count). The molecule has 0 bridgehead atoms. The highest BCUT2D eigenvalue weighted by atomic mass is 32.2. The summed E-state index contributed by atoms with van der Waals surface area (Å²) in [6.07, 6.45) is 3.32. The van der Waals surface area contributed by atoms with E-state index >= 15 is 0 Å². The van der Waals surface area contributed by atoms with Gasteiger partial charge in [0.15, 0.2) is 0 Å². The van der Waals surface area contributed by atoms with Crippen molar-refractivity contribution in [2.24, 2.45) is 0 Å². The first kappa shape index (κ1) is 15.4. The molecule has 1 aromatic heterocycles. The fourth-order valence-electron chi connectivity index (χ4n) is 2.72. The van der Waals surface area contributed by atoms with Gasteiger partial charge in [-0.2, -0.15) is 11.8 Å². The molecule has 0 radical (unpaired) electrons. The number of halogens is 1. The minimum atomic E-state index is -0.784. The summed E-state index contributed by atoms with van der Waals surface area (Å²) in [5, 5.41) is 13.9. The SMILES string of the molecule is O=C(Cc1c[nH]c2ccc(F)cc12)NCC1(O)CCSCC1. The predicted octanol–water partition coefficient (Wildman–Crippen LogP) is 2.22. The van der Waals surface area contributed by atoms with Gasteiger partial charge in [0.05, 0.1) is 12.0 Å². The summed E-state index contributed by atoms with van der Waals surface area (Å²) in [6.45, 7) is 0.281. The molecule has 0 atom stereocenters. The largest absolute Gasteiger partial charge is 0.388 e. The number of carbonyl (C=O) groups is 1. The van der Waals surface area contributed by atoms with Gasteiger partial charge >= 0.3 is 0 Å². The van der Waals surface area contributed by atoms with Crippen LogP contribution >= 0.6 is 11.8 Å². The van der Waals surface area contributed by atoms with Crippen LogP contribution < -0.4 is 5.32 Å². The molecule has 1 fully saturated rings. The quantitative estimate of drug-likeness (QED) is 0.809. The van der Waals surface area contributed by atoms with Crippen LogP contribution in [-0.2, 0) is 11.2 Å². The standard InChI is InChI=1S/C16H19FN2O2S/c17-12-1-2-14-13(8-12)11(9-18-14)7-15(20)19-10-16(21)3-5-22-6-4-16/h1-2,8-9,18,21H,3-7,10H2,(H,19,20). The maximum absolute atomic E-state index is 13.3. The zero-order valence-electron chi connectivity index (χ0n) is 12.2. The van der Waals surface area contributed by atoms with Gasteiger partial charge in [-0.05, 0) is 48.1 Å². The number of thioether (sulfide) groups is 1. The Hall–Kier alpha value is -1.53. The van der Waals surface area contributed by atoms with Crippen LogP contribution in [0.15, 0.2) is 24.4 Å². The minimum Gasteiger partial charge on any atom is -0.388 e. The molecule has 0 spiro atoms. The van der Waals surface area contributed by atoms with E-state index in [1.807, 2.05) is 11.8 Å². The zero-order chi connectivity index (χ0) is 15.6. The van der Waals surface area contributed by atoms with E-state index in [2.05, 4.69) is 10.3 Å². The number of carbonyl (C=O) groups excluding carboxylic acids is 1. The average molecular weight is 322 g/mol. The van der Waals surface area contributed by atoms with Crippen molar-refractivity contribution < 1.29 is 14.3 Å². The Morgan fingerprint density at radius 3 is 2.95 bits per heavy atom. The number of hydrogen-bond donors (Lipinski definition) is 3. The molecule has 3 N–H and O–H groups in total. The molecular formula is C16H19FN2O2S. The van der Waals surface area contributed by atoms with Crippen LogP contribution in [0.1, 0.15) is 18.4 Å². The van der Waals surface area contributed by atoms with Gasteiger partial charge in [-0.25, -0.2) is 4.39 Å². The first-order valence-electron chi connectivity index (χ1n) is 7.38. The second-order valence-corrected chi connectivity index (χ2v) is 7.02. The lowest BCUT2D eigenvalue weighted by molar-refractivity contribution is -0.121. The predicted molar refractivity (Wildman–Crippen MR) is 86.5 cm³/mol. The van der Waals surface area contributed by atoms with Crippen molar-refractivity contribution in [3.05, 3.63) is 35.8 Å². The molecule has 1 aliphatic heterocycles. The molecule has 0 aliphatic carbocycles. The third kappa shape index (κ3) is 3.44. The molecule has 0 unspecified atom stereocenters. The number of fused-ring (bicyclic) bond motifs is 1. The Labute approximate surface area is 132 Å². The van der Waals surface area contributed by atoms with Crippen molar-refractivity contribution in [3.63, 3.8) is 0 Å². The van der Waals surface area contributed by atoms with Gasteiger partial charge in [0.1, 0.15) is 5.82 Å². The second kappa shape index (κ2) is 6.30. The number of rotatable bonds is 4. The number of aromatic nitrogens is 1. The highest BCUT2D eigenvalue weighted by Crippen LogP contribution is 2.26. The monoisotopic (exact) mass is 322 g/mol. The fourth-order valence-corrected chi connectivity index (χ4v) is 3.98. The van der Waals surface area contributed by atoms with Crippen molar-refractivity contribution in [3.8, 4) is 0 Å². The molecule has 1 aliphatic rings.